The molecule has 0 N–H and O–H groups in total. The summed E-state index contributed by atoms with van der Waals surface area (Å²) in [5.41, 5.74) is 1.65. The lowest BCUT2D eigenvalue weighted by Gasteiger charge is -2.17. The van der Waals surface area contributed by atoms with Gasteiger partial charge in [-0.05, 0) is 50.1 Å². The van der Waals surface area contributed by atoms with Crippen molar-refractivity contribution in [1.29, 1.82) is 0 Å². The highest BCUT2D eigenvalue weighted by molar-refractivity contribution is 8.17. The Morgan fingerprint density at radius 2 is 1.65 bits per heavy atom. The van der Waals surface area contributed by atoms with E-state index < -0.39 is 14.8 Å². The second kappa shape index (κ2) is 6.89. The minimum Gasteiger partial charge on any atom is -0.272 e. The Morgan fingerprint density at radius 3 is 2.23 bits per heavy atom. The first-order valence-corrected chi connectivity index (χ1v) is 10.5. The number of carbonyl (C=O) groups is 1. The van der Waals surface area contributed by atoms with Crippen LogP contribution in [0, 0.1) is 0 Å². The molecule has 136 valence electrons. The Morgan fingerprint density at radius 1 is 1.04 bits per heavy atom. The fourth-order valence-corrected chi connectivity index (χ4v) is 4.82. The normalized spacial score (nSPS) is 18.5. The zero-order valence-electron chi connectivity index (χ0n) is 14.8. The standard InChI is InChI=1S/C19H20N2O3S2/c1-4-14-10-12-16(13-11-14)26(23,24)20-18-21(15-8-6-5-7-9-15)17(22)19(2,3)25-18/h5-13H,4H2,1-3H3/b20-18-. The predicted octanol–water partition coefficient (Wildman–Crippen LogP) is 3.85. The van der Waals surface area contributed by atoms with Crippen molar-refractivity contribution in [2.45, 2.75) is 36.8 Å². The van der Waals surface area contributed by atoms with E-state index in [0.717, 1.165) is 23.7 Å². The van der Waals surface area contributed by atoms with Crippen LogP contribution in [0.3, 0.4) is 0 Å². The van der Waals surface area contributed by atoms with Crippen molar-refractivity contribution in [1.82, 2.24) is 0 Å². The number of sulfonamides is 1. The Labute approximate surface area is 158 Å². The molecule has 5 nitrogen and oxygen atoms in total. The molecular weight excluding hydrogens is 368 g/mol. The fraction of sp³-hybridized carbons (Fsp3) is 0.263. The van der Waals surface area contributed by atoms with Gasteiger partial charge < -0.3 is 0 Å². The maximum Gasteiger partial charge on any atom is 0.284 e. The molecule has 0 aliphatic carbocycles. The molecule has 0 radical (unpaired) electrons. The number of rotatable bonds is 4. The van der Waals surface area contributed by atoms with Crippen molar-refractivity contribution in [2.24, 2.45) is 4.40 Å². The van der Waals surface area contributed by atoms with Crippen LogP contribution >= 0.6 is 11.8 Å². The molecule has 0 bridgehead atoms. The third-order valence-electron chi connectivity index (χ3n) is 4.10. The topological polar surface area (TPSA) is 66.8 Å². The van der Waals surface area contributed by atoms with E-state index in [4.69, 9.17) is 0 Å². The van der Waals surface area contributed by atoms with Crippen molar-refractivity contribution in [3.05, 3.63) is 60.2 Å². The van der Waals surface area contributed by atoms with Crippen LogP contribution in [-0.2, 0) is 21.2 Å². The van der Waals surface area contributed by atoms with Gasteiger partial charge in [-0.25, -0.2) is 0 Å². The minimum atomic E-state index is -3.91. The van der Waals surface area contributed by atoms with E-state index in [0.29, 0.717) is 5.69 Å². The predicted molar refractivity (Wildman–Crippen MR) is 106 cm³/mol. The molecule has 1 saturated heterocycles. The molecule has 0 atom stereocenters. The van der Waals surface area contributed by atoms with Gasteiger partial charge in [0.15, 0.2) is 5.17 Å². The van der Waals surface area contributed by atoms with E-state index in [1.165, 1.54) is 4.90 Å². The van der Waals surface area contributed by atoms with Crippen LogP contribution in [0.15, 0.2) is 63.9 Å². The lowest BCUT2D eigenvalue weighted by atomic mass is 10.1. The maximum absolute atomic E-state index is 12.8. The minimum absolute atomic E-state index is 0.118. The van der Waals surface area contributed by atoms with E-state index in [9.17, 15) is 13.2 Å². The summed E-state index contributed by atoms with van der Waals surface area (Å²) in [5.74, 6) is -0.191. The highest BCUT2D eigenvalue weighted by Crippen LogP contribution is 2.40. The average Bonchev–Trinajstić information content (AvgIpc) is 2.83. The van der Waals surface area contributed by atoms with E-state index in [1.807, 2.05) is 13.0 Å². The molecule has 26 heavy (non-hydrogen) atoms. The third-order valence-corrected chi connectivity index (χ3v) is 6.64. The van der Waals surface area contributed by atoms with E-state index in [1.54, 1.807) is 62.4 Å². The Kier molecular flexibility index (Phi) is 4.94. The van der Waals surface area contributed by atoms with Gasteiger partial charge in [0.2, 0.25) is 5.91 Å². The molecule has 0 saturated carbocycles. The molecule has 3 rings (SSSR count). The maximum atomic E-state index is 12.8. The number of hydrogen-bond acceptors (Lipinski definition) is 4. The van der Waals surface area contributed by atoms with Crippen molar-refractivity contribution >= 4 is 38.5 Å². The number of para-hydroxylation sites is 1. The summed E-state index contributed by atoms with van der Waals surface area (Å²) in [6.07, 6.45) is 0.829. The molecule has 2 aromatic rings. The van der Waals surface area contributed by atoms with Crippen LogP contribution in [0.2, 0.25) is 0 Å². The van der Waals surface area contributed by atoms with Gasteiger partial charge in [0, 0.05) is 0 Å². The van der Waals surface area contributed by atoms with Crippen LogP contribution in [-0.4, -0.2) is 24.2 Å². The van der Waals surface area contributed by atoms with Gasteiger partial charge in [0.25, 0.3) is 10.0 Å². The highest BCUT2D eigenvalue weighted by atomic mass is 32.2. The molecule has 2 aromatic carbocycles. The van der Waals surface area contributed by atoms with Gasteiger partial charge in [0.05, 0.1) is 15.3 Å². The molecule has 0 unspecified atom stereocenters. The Bertz CT molecular complexity index is 950. The summed E-state index contributed by atoms with van der Waals surface area (Å²) in [5, 5.41) is 0.172. The molecule has 1 heterocycles. The van der Waals surface area contributed by atoms with Gasteiger partial charge >= 0.3 is 0 Å². The van der Waals surface area contributed by atoms with Crippen molar-refractivity contribution in [3.8, 4) is 0 Å². The lowest BCUT2D eigenvalue weighted by Crippen LogP contribution is -2.36. The Hall–Kier alpha value is -2.12. The van der Waals surface area contributed by atoms with E-state index in [2.05, 4.69) is 4.40 Å². The van der Waals surface area contributed by atoms with Crippen LogP contribution in [0.25, 0.3) is 0 Å². The number of thioether (sulfide) groups is 1. The first kappa shape index (κ1) is 18.7. The summed E-state index contributed by atoms with van der Waals surface area (Å²) < 4.78 is 28.7. The van der Waals surface area contributed by atoms with Crippen molar-refractivity contribution in [3.63, 3.8) is 0 Å². The fourth-order valence-electron chi connectivity index (χ4n) is 2.59. The Balaban J connectivity index is 2.05. The van der Waals surface area contributed by atoms with Crippen LogP contribution in [0.1, 0.15) is 26.3 Å². The summed E-state index contributed by atoms with van der Waals surface area (Å²) in [6.45, 7) is 5.53. The number of carbonyl (C=O) groups excluding carboxylic acids is 1. The molecular formula is C19H20N2O3S2. The number of amidine groups is 1. The second-order valence-corrected chi connectivity index (χ2v) is 9.63. The number of nitrogens with zero attached hydrogens (tertiary/aromatic N) is 2. The van der Waals surface area contributed by atoms with Gasteiger partial charge in [-0.15, -0.1) is 4.40 Å². The van der Waals surface area contributed by atoms with Crippen molar-refractivity contribution < 1.29 is 13.2 Å². The summed E-state index contributed by atoms with van der Waals surface area (Å²) >= 11 is 1.16. The highest BCUT2D eigenvalue weighted by Gasteiger charge is 2.46. The van der Waals surface area contributed by atoms with E-state index in [-0.39, 0.29) is 16.0 Å². The molecule has 7 heteroatoms. The number of benzene rings is 2. The molecule has 1 amide bonds. The quantitative estimate of drug-likeness (QED) is 0.798. The molecule has 0 aromatic heterocycles. The van der Waals surface area contributed by atoms with Gasteiger partial charge in [-0.1, -0.05) is 49.0 Å². The zero-order chi connectivity index (χ0) is 18.9. The molecule has 0 spiro atoms. The number of hydrogen-bond donors (Lipinski definition) is 0. The van der Waals surface area contributed by atoms with Gasteiger partial charge in [-0.2, -0.15) is 8.42 Å². The van der Waals surface area contributed by atoms with Crippen LogP contribution < -0.4 is 4.90 Å². The summed E-state index contributed by atoms with van der Waals surface area (Å²) in [6, 6.07) is 15.6. The lowest BCUT2D eigenvalue weighted by molar-refractivity contribution is -0.118. The average molecular weight is 389 g/mol. The van der Waals surface area contributed by atoms with E-state index >= 15 is 0 Å². The monoisotopic (exact) mass is 388 g/mol. The van der Waals surface area contributed by atoms with Crippen LogP contribution in [0.4, 0.5) is 5.69 Å². The SMILES string of the molecule is CCc1ccc(S(=O)(=O)/N=C2\SC(C)(C)C(=O)N2c2ccccc2)cc1. The second-order valence-electron chi connectivity index (χ2n) is 6.43. The smallest absolute Gasteiger partial charge is 0.272 e. The molecule has 1 aliphatic rings. The van der Waals surface area contributed by atoms with Crippen molar-refractivity contribution in [2.75, 3.05) is 4.90 Å². The van der Waals surface area contributed by atoms with Crippen LogP contribution in [0.5, 0.6) is 0 Å². The summed E-state index contributed by atoms with van der Waals surface area (Å²) in [4.78, 5) is 14.3. The number of amides is 1. The third kappa shape index (κ3) is 3.54. The van der Waals surface area contributed by atoms with Gasteiger partial charge in [-0.3, -0.25) is 9.69 Å². The number of anilines is 1. The molecule has 1 aliphatic heterocycles. The molecule has 1 fully saturated rings. The first-order chi connectivity index (χ1) is 12.2. The van der Waals surface area contributed by atoms with Gasteiger partial charge in [0.1, 0.15) is 0 Å². The first-order valence-electron chi connectivity index (χ1n) is 8.27. The number of aryl methyl sites for hydroxylation is 1. The summed E-state index contributed by atoms with van der Waals surface area (Å²) in [7, 11) is -3.91. The zero-order valence-corrected chi connectivity index (χ0v) is 16.5. The largest absolute Gasteiger partial charge is 0.284 e.